The van der Waals surface area contributed by atoms with E-state index in [4.69, 9.17) is 9.47 Å². The number of hydrogen-bond donors (Lipinski definition) is 2. The Bertz CT molecular complexity index is 1020. The Morgan fingerprint density at radius 3 is 2.76 bits per heavy atom. The molecule has 2 aromatic carbocycles. The van der Waals surface area contributed by atoms with E-state index in [1.54, 1.807) is 25.5 Å². The van der Waals surface area contributed by atoms with Gasteiger partial charge in [0.1, 0.15) is 0 Å². The molecule has 0 atom stereocenters. The first-order valence-electron chi connectivity index (χ1n) is 8.92. The first kappa shape index (κ1) is 20.3. The summed E-state index contributed by atoms with van der Waals surface area (Å²) in [6, 6.07) is 12.9. The van der Waals surface area contributed by atoms with Crippen molar-refractivity contribution in [3.63, 3.8) is 0 Å². The fraction of sp³-hybridized carbons (Fsp3) is 0.190. The van der Waals surface area contributed by atoms with Crippen LogP contribution in [0.15, 0.2) is 52.9 Å². The molecule has 7 nitrogen and oxygen atoms in total. The number of ether oxygens (including phenoxy) is 2. The average Bonchev–Trinajstić information content (AvgIpc) is 3.13. The van der Waals surface area contributed by atoms with Gasteiger partial charge in [0.2, 0.25) is 5.13 Å². The van der Waals surface area contributed by atoms with Gasteiger partial charge in [0.05, 0.1) is 19.0 Å². The summed E-state index contributed by atoms with van der Waals surface area (Å²) < 4.78 is 11.0. The van der Waals surface area contributed by atoms with Gasteiger partial charge in [-0.1, -0.05) is 18.2 Å². The van der Waals surface area contributed by atoms with Crippen LogP contribution in [0.3, 0.4) is 0 Å². The third kappa shape index (κ3) is 5.79. The van der Waals surface area contributed by atoms with Crippen LogP contribution in [0.2, 0.25) is 0 Å². The normalized spacial score (nSPS) is 10.7. The van der Waals surface area contributed by atoms with Gasteiger partial charge in [-0.05, 0) is 49.2 Å². The molecule has 0 aliphatic heterocycles. The molecule has 2 N–H and O–H groups in total. The molecule has 0 saturated heterocycles. The minimum absolute atomic E-state index is 0.122. The molecule has 0 aliphatic carbocycles. The SMILES string of the molecule is COc1cc(C=NNc2nc(C)cs2)ccc1OCC(=O)Nc1ccccc1C. The van der Waals surface area contributed by atoms with Crippen molar-refractivity contribution in [1.29, 1.82) is 0 Å². The van der Waals surface area contributed by atoms with E-state index in [1.807, 2.05) is 49.6 Å². The van der Waals surface area contributed by atoms with Crippen LogP contribution in [-0.4, -0.2) is 30.8 Å². The molecule has 3 aromatic rings. The Kier molecular flexibility index (Phi) is 6.80. The van der Waals surface area contributed by atoms with Crippen LogP contribution in [0, 0.1) is 13.8 Å². The molecule has 0 radical (unpaired) electrons. The number of hydrogen-bond acceptors (Lipinski definition) is 7. The molecule has 150 valence electrons. The van der Waals surface area contributed by atoms with Gasteiger partial charge in [-0.2, -0.15) is 5.10 Å². The van der Waals surface area contributed by atoms with Gasteiger partial charge in [-0.25, -0.2) is 4.98 Å². The minimum Gasteiger partial charge on any atom is -0.493 e. The van der Waals surface area contributed by atoms with Crippen molar-refractivity contribution in [2.45, 2.75) is 13.8 Å². The Morgan fingerprint density at radius 1 is 1.21 bits per heavy atom. The highest BCUT2D eigenvalue weighted by atomic mass is 32.1. The molecule has 29 heavy (non-hydrogen) atoms. The number of carbonyl (C=O) groups is 1. The standard InChI is InChI=1S/C21H22N4O3S/c1-14-6-4-5-7-17(14)24-20(26)12-28-18-9-8-16(10-19(18)27-3)11-22-25-21-23-15(2)13-29-21/h4-11,13H,12H2,1-3H3,(H,23,25)(H,24,26). The zero-order chi connectivity index (χ0) is 20.6. The number of carbonyl (C=O) groups excluding carboxylic acids is 1. The number of aryl methyl sites for hydroxylation is 2. The zero-order valence-corrected chi connectivity index (χ0v) is 17.2. The number of nitrogens with one attached hydrogen (secondary N) is 2. The lowest BCUT2D eigenvalue weighted by atomic mass is 10.2. The van der Waals surface area contributed by atoms with Crippen LogP contribution in [0.1, 0.15) is 16.8 Å². The maximum atomic E-state index is 12.2. The van der Waals surface area contributed by atoms with E-state index < -0.39 is 0 Å². The quantitative estimate of drug-likeness (QED) is 0.429. The summed E-state index contributed by atoms with van der Waals surface area (Å²) in [6.07, 6.45) is 1.66. The summed E-state index contributed by atoms with van der Waals surface area (Å²) in [7, 11) is 1.55. The van der Waals surface area contributed by atoms with Gasteiger partial charge < -0.3 is 14.8 Å². The van der Waals surface area contributed by atoms with Crippen molar-refractivity contribution in [2.75, 3.05) is 24.5 Å². The summed E-state index contributed by atoms with van der Waals surface area (Å²) >= 11 is 1.49. The molecule has 0 unspecified atom stereocenters. The van der Waals surface area contributed by atoms with Gasteiger partial charge in [-0.15, -0.1) is 11.3 Å². The van der Waals surface area contributed by atoms with Gasteiger partial charge in [0.15, 0.2) is 18.1 Å². The molecular formula is C21H22N4O3S. The average molecular weight is 410 g/mol. The van der Waals surface area contributed by atoms with Crippen molar-refractivity contribution in [3.8, 4) is 11.5 Å². The number of anilines is 2. The second-order valence-corrected chi connectivity index (χ2v) is 7.08. The number of hydrazone groups is 1. The molecular weight excluding hydrogens is 388 g/mol. The zero-order valence-electron chi connectivity index (χ0n) is 16.4. The number of benzene rings is 2. The highest BCUT2D eigenvalue weighted by molar-refractivity contribution is 7.13. The third-order valence-electron chi connectivity index (χ3n) is 3.96. The Morgan fingerprint density at radius 2 is 2.03 bits per heavy atom. The van der Waals surface area contributed by atoms with E-state index in [9.17, 15) is 4.79 Å². The maximum absolute atomic E-state index is 12.2. The monoisotopic (exact) mass is 410 g/mol. The van der Waals surface area contributed by atoms with Gasteiger partial charge in [0, 0.05) is 11.1 Å². The summed E-state index contributed by atoms with van der Waals surface area (Å²) in [5.74, 6) is 0.755. The molecule has 1 heterocycles. The van der Waals surface area contributed by atoms with E-state index in [2.05, 4.69) is 20.8 Å². The fourth-order valence-electron chi connectivity index (χ4n) is 2.49. The lowest BCUT2D eigenvalue weighted by molar-refractivity contribution is -0.118. The third-order valence-corrected chi connectivity index (χ3v) is 4.82. The smallest absolute Gasteiger partial charge is 0.262 e. The molecule has 0 spiro atoms. The lowest BCUT2D eigenvalue weighted by Gasteiger charge is -2.12. The molecule has 0 aliphatic rings. The van der Waals surface area contributed by atoms with E-state index in [0.717, 1.165) is 27.6 Å². The first-order chi connectivity index (χ1) is 14.0. The van der Waals surface area contributed by atoms with E-state index in [0.29, 0.717) is 11.5 Å². The predicted octanol–water partition coefficient (Wildman–Crippen LogP) is 4.23. The number of thiazole rings is 1. The topological polar surface area (TPSA) is 84.8 Å². The van der Waals surface area contributed by atoms with Gasteiger partial charge in [-0.3, -0.25) is 10.2 Å². The molecule has 1 amide bonds. The maximum Gasteiger partial charge on any atom is 0.262 e. The number of rotatable bonds is 8. The van der Waals surface area contributed by atoms with E-state index in [-0.39, 0.29) is 12.5 Å². The van der Waals surface area contributed by atoms with Crippen molar-refractivity contribution in [2.24, 2.45) is 5.10 Å². The van der Waals surface area contributed by atoms with Gasteiger partial charge >= 0.3 is 0 Å². The molecule has 1 aromatic heterocycles. The number of aromatic nitrogens is 1. The number of nitrogens with zero attached hydrogens (tertiary/aromatic N) is 2. The van der Waals surface area contributed by atoms with Crippen molar-refractivity contribution in [1.82, 2.24) is 4.98 Å². The largest absolute Gasteiger partial charge is 0.493 e. The second kappa shape index (κ2) is 9.70. The number of para-hydroxylation sites is 1. The van der Waals surface area contributed by atoms with Crippen LogP contribution in [0.5, 0.6) is 11.5 Å². The summed E-state index contributed by atoms with van der Waals surface area (Å²) in [4.78, 5) is 16.4. The van der Waals surface area contributed by atoms with E-state index in [1.165, 1.54) is 11.3 Å². The van der Waals surface area contributed by atoms with Crippen LogP contribution >= 0.6 is 11.3 Å². The fourth-order valence-corrected chi connectivity index (χ4v) is 3.13. The highest BCUT2D eigenvalue weighted by Crippen LogP contribution is 2.27. The van der Waals surface area contributed by atoms with Crippen molar-refractivity contribution >= 4 is 34.3 Å². The Labute approximate surface area is 173 Å². The first-order valence-corrected chi connectivity index (χ1v) is 9.80. The van der Waals surface area contributed by atoms with Gasteiger partial charge in [0.25, 0.3) is 5.91 Å². The summed E-state index contributed by atoms with van der Waals surface area (Å²) in [6.45, 7) is 3.74. The van der Waals surface area contributed by atoms with Crippen LogP contribution in [0.25, 0.3) is 0 Å². The Balaban J connectivity index is 1.58. The molecule has 0 saturated carbocycles. The highest BCUT2D eigenvalue weighted by Gasteiger charge is 2.09. The molecule has 0 bridgehead atoms. The predicted molar refractivity (Wildman–Crippen MR) is 116 cm³/mol. The summed E-state index contributed by atoms with van der Waals surface area (Å²) in [5, 5.41) is 9.68. The van der Waals surface area contributed by atoms with Crippen LogP contribution in [0.4, 0.5) is 10.8 Å². The van der Waals surface area contributed by atoms with Crippen LogP contribution in [-0.2, 0) is 4.79 Å². The lowest BCUT2D eigenvalue weighted by Crippen LogP contribution is -2.20. The molecule has 0 fully saturated rings. The molecule has 8 heteroatoms. The number of methoxy groups -OCH3 is 1. The Hall–Kier alpha value is -3.39. The minimum atomic E-state index is -0.241. The van der Waals surface area contributed by atoms with Crippen molar-refractivity contribution < 1.29 is 14.3 Å². The van der Waals surface area contributed by atoms with Crippen LogP contribution < -0.4 is 20.2 Å². The summed E-state index contributed by atoms with van der Waals surface area (Å²) in [5.41, 5.74) is 6.41. The number of amides is 1. The second-order valence-electron chi connectivity index (χ2n) is 6.23. The van der Waals surface area contributed by atoms with Crippen molar-refractivity contribution in [3.05, 3.63) is 64.7 Å². The molecule has 3 rings (SSSR count). The van der Waals surface area contributed by atoms with E-state index >= 15 is 0 Å².